The standard InChI is InChI=1S/C9H8F3NO4S/c1-13(4-8(14)15)18(16,17)9-6(11)2-5(10)3-7(9)12/h2-3H,4H2,1H3,(H,14,15). The minimum atomic E-state index is -4.68. The second-order valence-corrected chi connectivity index (χ2v) is 5.34. The van der Waals surface area contributed by atoms with E-state index in [9.17, 15) is 26.4 Å². The van der Waals surface area contributed by atoms with E-state index in [0.717, 1.165) is 7.05 Å². The molecule has 1 aromatic carbocycles. The first-order valence-corrected chi connectivity index (χ1v) is 5.93. The summed E-state index contributed by atoms with van der Waals surface area (Å²) < 4.78 is 62.8. The SMILES string of the molecule is CN(CC(=O)O)S(=O)(=O)c1c(F)cc(F)cc1F. The number of rotatable bonds is 4. The van der Waals surface area contributed by atoms with Crippen molar-refractivity contribution >= 4 is 16.0 Å². The summed E-state index contributed by atoms with van der Waals surface area (Å²) in [4.78, 5) is 8.98. The Kier molecular flexibility index (Phi) is 3.97. The monoisotopic (exact) mass is 283 g/mol. The molecule has 18 heavy (non-hydrogen) atoms. The third-order valence-corrected chi connectivity index (χ3v) is 3.84. The molecule has 0 aliphatic carbocycles. The molecular formula is C9H8F3NO4S. The van der Waals surface area contributed by atoms with Crippen molar-refractivity contribution in [3.05, 3.63) is 29.6 Å². The molecule has 0 saturated carbocycles. The molecule has 0 bridgehead atoms. The molecule has 0 aliphatic rings. The lowest BCUT2D eigenvalue weighted by molar-refractivity contribution is -0.137. The highest BCUT2D eigenvalue weighted by molar-refractivity contribution is 7.89. The summed E-state index contributed by atoms with van der Waals surface area (Å²) in [6.45, 7) is -0.974. The molecule has 0 heterocycles. The lowest BCUT2D eigenvalue weighted by atomic mass is 10.3. The number of carbonyl (C=O) groups is 1. The van der Waals surface area contributed by atoms with Crippen LogP contribution in [0.4, 0.5) is 13.2 Å². The summed E-state index contributed by atoms with van der Waals surface area (Å²) in [5, 5.41) is 8.42. The lowest BCUT2D eigenvalue weighted by Crippen LogP contribution is -2.33. The first-order chi connectivity index (χ1) is 8.16. The molecule has 1 rings (SSSR count). The minimum Gasteiger partial charge on any atom is -0.480 e. The van der Waals surface area contributed by atoms with Crippen molar-refractivity contribution in [2.24, 2.45) is 0 Å². The Morgan fingerprint density at radius 3 is 2.11 bits per heavy atom. The fraction of sp³-hybridized carbons (Fsp3) is 0.222. The molecule has 0 atom stereocenters. The molecule has 0 aliphatic heterocycles. The highest BCUT2D eigenvalue weighted by Gasteiger charge is 2.30. The molecule has 0 radical (unpaired) electrons. The molecular weight excluding hydrogens is 275 g/mol. The second-order valence-electron chi connectivity index (χ2n) is 3.35. The van der Waals surface area contributed by atoms with Crippen molar-refractivity contribution in [3.63, 3.8) is 0 Å². The van der Waals surface area contributed by atoms with Gasteiger partial charge in [0.05, 0.1) is 0 Å². The Morgan fingerprint density at radius 2 is 1.72 bits per heavy atom. The number of nitrogens with zero attached hydrogens (tertiary/aromatic N) is 1. The highest BCUT2D eigenvalue weighted by Crippen LogP contribution is 2.22. The Hall–Kier alpha value is -1.61. The first kappa shape index (κ1) is 14.5. The van der Waals surface area contributed by atoms with Gasteiger partial charge < -0.3 is 5.11 Å². The maximum Gasteiger partial charge on any atom is 0.318 e. The normalized spacial score (nSPS) is 11.8. The van der Waals surface area contributed by atoms with Gasteiger partial charge in [0, 0.05) is 19.2 Å². The number of likely N-dealkylation sites (N-methyl/N-ethyl adjacent to an activating group) is 1. The summed E-state index contributed by atoms with van der Waals surface area (Å²) >= 11 is 0. The zero-order valence-electron chi connectivity index (χ0n) is 9.02. The van der Waals surface area contributed by atoms with Crippen LogP contribution in [0.1, 0.15) is 0 Å². The highest BCUT2D eigenvalue weighted by atomic mass is 32.2. The Morgan fingerprint density at radius 1 is 1.28 bits per heavy atom. The van der Waals surface area contributed by atoms with Crippen molar-refractivity contribution in [3.8, 4) is 0 Å². The van der Waals surface area contributed by atoms with E-state index in [4.69, 9.17) is 5.11 Å². The molecule has 1 N–H and O–H groups in total. The van der Waals surface area contributed by atoms with E-state index in [0.29, 0.717) is 0 Å². The smallest absolute Gasteiger partial charge is 0.318 e. The summed E-state index contributed by atoms with van der Waals surface area (Å²) in [6.07, 6.45) is 0. The van der Waals surface area contributed by atoms with Crippen LogP contribution in [0.5, 0.6) is 0 Å². The number of halogens is 3. The number of hydrogen-bond donors (Lipinski definition) is 1. The fourth-order valence-corrected chi connectivity index (χ4v) is 2.41. The van der Waals surface area contributed by atoms with Gasteiger partial charge in [-0.15, -0.1) is 0 Å². The van der Waals surface area contributed by atoms with E-state index >= 15 is 0 Å². The van der Waals surface area contributed by atoms with Crippen molar-refractivity contribution in [1.82, 2.24) is 4.31 Å². The number of hydrogen-bond acceptors (Lipinski definition) is 3. The van der Waals surface area contributed by atoms with Crippen molar-refractivity contribution in [2.45, 2.75) is 4.90 Å². The second kappa shape index (κ2) is 4.94. The van der Waals surface area contributed by atoms with Gasteiger partial charge >= 0.3 is 5.97 Å². The third-order valence-electron chi connectivity index (χ3n) is 1.99. The number of benzene rings is 1. The van der Waals surface area contributed by atoms with E-state index < -0.39 is 44.9 Å². The molecule has 100 valence electrons. The zero-order valence-corrected chi connectivity index (χ0v) is 9.84. The minimum absolute atomic E-state index is 0.199. The van der Waals surface area contributed by atoms with Gasteiger partial charge in [0.25, 0.3) is 0 Å². The van der Waals surface area contributed by atoms with Crippen LogP contribution in [0.2, 0.25) is 0 Å². The van der Waals surface area contributed by atoms with Crippen LogP contribution in [0.15, 0.2) is 17.0 Å². The Labute approximate surface area is 100 Å². The van der Waals surface area contributed by atoms with Crippen molar-refractivity contribution in [2.75, 3.05) is 13.6 Å². The topological polar surface area (TPSA) is 74.7 Å². The van der Waals surface area contributed by atoms with Crippen LogP contribution in [0.3, 0.4) is 0 Å². The average molecular weight is 283 g/mol. The number of aliphatic carboxylic acids is 1. The maximum atomic E-state index is 13.3. The maximum absolute atomic E-state index is 13.3. The van der Waals surface area contributed by atoms with Gasteiger partial charge in [0.1, 0.15) is 24.0 Å². The van der Waals surface area contributed by atoms with Crippen LogP contribution in [0.25, 0.3) is 0 Å². The summed E-state index contributed by atoms with van der Waals surface area (Å²) in [7, 11) is -3.84. The van der Waals surface area contributed by atoms with Gasteiger partial charge in [0.15, 0.2) is 4.90 Å². The van der Waals surface area contributed by atoms with E-state index in [2.05, 4.69) is 0 Å². The van der Waals surface area contributed by atoms with E-state index in [1.165, 1.54) is 0 Å². The van der Waals surface area contributed by atoms with Gasteiger partial charge in [-0.25, -0.2) is 21.6 Å². The summed E-state index contributed by atoms with van der Waals surface area (Å²) in [5.41, 5.74) is 0. The molecule has 5 nitrogen and oxygen atoms in total. The molecule has 9 heteroatoms. The third kappa shape index (κ3) is 2.79. The number of sulfonamides is 1. The molecule has 0 saturated heterocycles. The van der Waals surface area contributed by atoms with Gasteiger partial charge in [-0.3, -0.25) is 4.79 Å². The van der Waals surface area contributed by atoms with Gasteiger partial charge in [-0.2, -0.15) is 4.31 Å². The number of carboxylic acid groups (broad SMARTS) is 1. The van der Waals surface area contributed by atoms with Crippen molar-refractivity contribution < 1.29 is 31.5 Å². The Balaban J connectivity index is 3.33. The molecule has 0 amide bonds. The fourth-order valence-electron chi connectivity index (χ4n) is 1.21. The predicted octanol–water partition coefficient (Wildman–Crippen LogP) is 0.809. The van der Waals surface area contributed by atoms with Gasteiger partial charge in [-0.05, 0) is 0 Å². The van der Waals surface area contributed by atoms with E-state index in [-0.39, 0.29) is 16.4 Å². The van der Waals surface area contributed by atoms with Gasteiger partial charge in [0.2, 0.25) is 10.0 Å². The van der Waals surface area contributed by atoms with Crippen LogP contribution < -0.4 is 0 Å². The lowest BCUT2D eigenvalue weighted by Gasteiger charge is -2.15. The van der Waals surface area contributed by atoms with E-state index in [1.807, 2.05) is 0 Å². The zero-order chi connectivity index (χ0) is 14.1. The van der Waals surface area contributed by atoms with Crippen LogP contribution in [-0.2, 0) is 14.8 Å². The molecule has 0 spiro atoms. The van der Waals surface area contributed by atoms with Gasteiger partial charge in [-0.1, -0.05) is 0 Å². The molecule has 1 aromatic rings. The predicted molar refractivity (Wildman–Crippen MR) is 53.8 cm³/mol. The molecule has 0 aromatic heterocycles. The average Bonchev–Trinajstić information content (AvgIpc) is 2.13. The molecule has 0 fully saturated rings. The first-order valence-electron chi connectivity index (χ1n) is 4.49. The number of carboxylic acids is 1. The van der Waals surface area contributed by atoms with Crippen LogP contribution >= 0.6 is 0 Å². The van der Waals surface area contributed by atoms with Crippen LogP contribution in [0, 0.1) is 17.5 Å². The summed E-state index contributed by atoms with van der Waals surface area (Å²) in [6, 6.07) is 0.398. The summed E-state index contributed by atoms with van der Waals surface area (Å²) in [5.74, 6) is -6.01. The van der Waals surface area contributed by atoms with E-state index in [1.54, 1.807) is 0 Å². The quantitative estimate of drug-likeness (QED) is 0.887. The Bertz CT molecular complexity index is 564. The van der Waals surface area contributed by atoms with Crippen molar-refractivity contribution in [1.29, 1.82) is 0 Å². The largest absolute Gasteiger partial charge is 0.480 e. The molecule has 0 unspecified atom stereocenters. The van der Waals surface area contributed by atoms with Crippen LogP contribution in [-0.4, -0.2) is 37.4 Å².